The first kappa shape index (κ1) is 28.5. The van der Waals surface area contributed by atoms with Crippen LogP contribution >= 0.6 is 0 Å². The average Bonchev–Trinajstić information content (AvgIpc) is 3.18. The van der Waals surface area contributed by atoms with Crippen molar-refractivity contribution in [2.24, 2.45) is 16.6 Å². The third-order valence-electron chi connectivity index (χ3n) is 5.51. The first-order valence-electron chi connectivity index (χ1n) is 12.1. The molecule has 1 aliphatic heterocycles. The molecule has 3 N–H and O–H groups in total. The van der Waals surface area contributed by atoms with Crippen LogP contribution < -0.4 is 14.8 Å². The summed E-state index contributed by atoms with van der Waals surface area (Å²) in [6, 6.07) is 5.96. The lowest BCUT2D eigenvalue weighted by Gasteiger charge is -2.26. The Bertz CT molecular complexity index is 1080. The fourth-order valence-electron chi connectivity index (χ4n) is 3.83. The summed E-state index contributed by atoms with van der Waals surface area (Å²) < 4.78 is 24.9. The molecule has 1 fully saturated rings. The molecule has 1 amide bonds. The van der Waals surface area contributed by atoms with Crippen molar-refractivity contribution in [2.45, 2.75) is 66.3 Å². The number of benzene rings is 1. The molecule has 0 bridgehead atoms. The summed E-state index contributed by atoms with van der Waals surface area (Å²) in [5, 5.41) is 0. The maximum Gasteiger partial charge on any atom is 0.244 e. The summed E-state index contributed by atoms with van der Waals surface area (Å²) >= 11 is -1.56. The van der Waals surface area contributed by atoms with Crippen molar-refractivity contribution < 1.29 is 13.7 Å². The number of imidazole rings is 1. The number of hydrogen-bond donors (Lipinski definition) is 2. The van der Waals surface area contributed by atoms with Crippen LogP contribution in [0.15, 0.2) is 35.5 Å². The molecule has 0 spiro atoms. The number of carbonyl (C=O) groups is 1. The number of amides is 1. The van der Waals surface area contributed by atoms with E-state index in [-0.39, 0.29) is 11.3 Å². The summed E-state index contributed by atoms with van der Waals surface area (Å²) in [5.74, 6) is 1.27. The summed E-state index contributed by atoms with van der Waals surface area (Å²) in [7, 11) is 1.73. The lowest BCUT2D eigenvalue weighted by molar-refractivity contribution is -0.115. The topological polar surface area (TPSA) is 115 Å². The van der Waals surface area contributed by atoms with Crippen molar-refractivity contribution >= 4 is 39.6 Å². The fourth-order valence-corrected chi connectivity index (χ4v) is 4.48. The number of nitrogens with zero attached hydrogens (tertiary/aromatic N) is 4. The zero-order chi connectivity index (χ0) is 26.2. The number of ether oxygens (including phenoxy) is 1. The molecule has 0 saturated carbocycles. The van der Waals surface area contributed by atoms with Gasteiger partial charge in [-0.15, -0.1) is 0 Å². The van der Waals surface area contributed by atoms with Crippen LogP contribution in [0.5, 0.6) is 0 Å². The first-order valence-corrected chi connectivity index (χ1v) is 13.2. The fraction of sp³-hybridized carbons (Fsp3) is 0.560. The number of rotatable bonds is 7. The summed E-state index contributed by atoms with van der Waals surface area (Å²) in [5.41, 5.74) is 8.22. The number of aliphatic imine (C=N–C) groups is 1. The Hall–Kier alpha value is -2.72. The lowest BCUT2D eigenvalue weighted by atomic mass is 9.94. The van der Waals surface area contributed by atoms with Gasteiger partial charge in [-0.3, -0.25) is 13.8 Å². The number of amidine groups is 1. The van der Waals surface area contributed by atoms with Crippen molar-refractivity contribution in [3.05, 3.63) is 36.3 Å². The second kappa shape index (κ2) is 12.8. The van der Waals surface area contributed by atoms with Crippen LogP contribution in [0.4, 0.5) is 5.69 Å². The molecular formula is C25H40N6O3S. The van der Waals surface area contributed by atoms with E-state index in [2.05, 4.69) is 35.1 Å². The normalized spacial score (nSPS) is 16.1. The molecule has 2 aromatic rings. The molecule has 1 atom stereocenters. The highest BCUT2D eigenvalue weighted by Crippen LogP contribution is 2.31. The van der Waals surface area contributed by atoms with E-state index in [1.54, 1.807) is 11.4 Å². The van der Waals surface area contributed by atoms with Crippen molar-refractivity contribution in [2.75, 3.05) is 24.6 Å². The van der Waals surface area contributed by atoms with Gasteiger partial charge in [0.25, 0.3) is 0 Å². The molecule has 9 nitrogen and oxygen atoms in total. The molecule has 1 saturated heterocycles. The molecule has 3 rings (SSSR count). The van der Waals surface area contributed by atoms with E-state index in [1.165, 1.54) is 19.2 Å². The van der Waals surface area contributed by atoms with Gasteiger partial charge in [-0.05, 0) is 43.0 Å². The Morgan fingerprint density at radius 3 is 2.60 bits per heavy atom. The summed E-state index contributed by atoms with van der Waals surface area (Å²) in [6.45, 7) is 14.4. The minimum absolute atomic E-state index is 0.0425. The maximum atomic E-state index is 12.7. The van der Waals surface area contributed by atoms with E-state index in [0.717, 1.165) is 55.1 Å². The third-order valence-corrected chi connectivity index (χ3v) is 6.55. The Morgan fingerprint density at radius 1 is 1.34 bits per heavy atom. The monoisotopic (exact) mass is 504 g/mol. The highest BCUT2D eigenvalue weighted by Gasteiger charge is 2.25. The number of anilines is 1. The molecular weight excluding hydrogens is 464 g/mol. The van der Waals surface area contributed by atoms with Crippen LogP contribution in [0.1, 0.15) is 60.2 Å². The van der Waals surface area contributed by atoms with Gasteiger partial charge >= 0.3 is 0 Å². The van der Waals surface area contributed by atoms with Gasteiger partial charge in [0.1, 0.15) is 11.7 Å². The Labute approximate surface area is 211 Å². The highest BCUT2D eigenvalue weighted by atomic mass is 32.2. The van der Waals surface area contributed by atoms with E-state index in [4.69, 9.17) is 15.5 Å². The summed E-state index contributed by atoms with van der Waals surface area (Å²) in [4.78, 5) is 19.5. The second-order valence-corrected chi connectivity index (χ2v) is 10.6. The van der Waals surface area contributed by atoms with Gasteiger partial charge in [-0.25, -0.2) is 9.19 Å². The number of hydrogen-bond acceptors (Lipinski definition) is 4. The maximum absolute atomic E-state index is 12.7. The summed E-state index contributed by atoms with van der Waals surface area (Å²) in [6.07, 6.45) is 4.92. The molecule has 0 radical (unpaired) electrons. The molecule has 1 unspecified atom stereocenters. The third kappa shape index (κ3) is 7.90. The van der Waals surface area contributed by atoms with E-state index < -0.39 is 17.1 Å². The smallest absolute Gasteiger partial charge is 0.244 e. The van der Waals surface area contributed by atoms with Crippen molar-refractivity contribution in [1.82, 2.24) is 14.3 Å². The van der Waals surface area contributed by atoms with Gasteiger partial charge in [-0.1, -0.05) is 34.6 Å². The standard InChI is InChI=1S/C23H34N6O3S.C2H6/c1-16(30)26-21(24)8-11-25-33(31)28(5)18-6-7-20-19(14-18)27-22(23(2,3)4)29(20)15-17-9-12-32-13-10-17;1-2/h6-8,11,14,17,25H,9-10,12-13,15H2,1-5H3,(H2,24,26,30);1-2H3/b11-8-;. The molecule has 10 heteroatoms. The van der Waals surface area contributed by atoms with Gasteiger partial charge in [0.2, 0.25) is 17.1 Å². The van der Waals surface area contributed by atoms with Gasteiger partial charge in [0.15, 0.2) is 0 Å². The van der Waals surface area contributed by atoms with Gasteiger partial charge in [0.05, 0.1) is 16.7 Å². The van der Waals surface area contributed by atoms with E-state index in [0.29, 0.717) is 5.92 Å². The van der Waals surface area contributed by atoms with Gasteiger partial charge in [-0.2, -0.15) is 4.99 Å². The number of nitrogens with one attached hydrogen (secondary N) is 1. The molecule has 194 valence electrons. The number of nitrogens with two attached hydrogens (primary N) is 1. The Morgan fingerprint density at radius 2 is 2.00 bits per heavy atom. The van der Waals surface area contributed by atoms with E-state index in [9.17, 15) is 9.00 Å². The minimum Gasteiger partial charge on any atom is -0.384 e. The molecule has 2 heterocycles. The van der Waals surface area contributed by atoms with E-state index in [1.807, 2.05) is 32.0 Å². The second-order valence-electron chi connectivity index (χ2n) is 9.28. The highest BCUT2D eigenvalue weighted by molar-refractivity contribution is 7.84. The lowest BCUT2D eigenvalue weighted by Crippen LogP contribution is -2.29. The number of carbonyl (C=O) groups excluding carboxylic acids is 1. The van der Waals surface area contributed by atoms with Gasteiger partial charge < -0.3 is 15.0 Å². The molecule has 1 aromatic heterocycles. The van der Waals surface area contributed by atoms with Crippen LogP contribution in [0, 0.1) is 5.92 Å². The first-order chi connectivity index (χ1) is 16.6. The van der Waals surface area contributed by atoms with Crippen molar-refractivity contribution in [3.8, 4) is 0 Å². The average molecular weight is 505 g/mol. The SMILES string of the molecule is CC.CC(=O)N=C(N)/C=C\NS(=O)N(C)c1ccc2c(c1)nc(C(C)(C)C)n2CC1CCOCC1. The molecule has 1 aliphatic rings. The Kier molecular flexibility index (Phi) is 10.5. The molecule has 1 aromatic carbocycles. The quantitative estimate of drug-likeness (QED) is 0.440. The zero-order valence-electron chi connectivity index (χ0n) is 22.0. The van der Waals surface area contributed by atoms with Crippen LogP contribution in [0.2, 0.25) is 0 Å². The number of aromatic nitrogens is 2. The van der Waals surface area contributed by atoms with Crippen molar-refractivity contribution in [1.29, 1.82) is 0 Å². The van der Waals surface area contributed by atoms with Crippen LogP contribution in [-0.2, 0) is 32.7 Å². The predicted octanol–water partition coefficient (Wildman–Crippen LogP) is 3.81. The number of fused-ring (bicyclic) bond motifs is 1. The molecule has 0 aliphatic carbocycles. The van der Waals surface area contributed by atoms with Crippen LogP contribution in [-0.4, -0.2) is 45.8 Å². The van der Waals surface area contributed by atoms with Crippen molar-refractivity contribution in [3.63, 3.8) is 0 Å². The largest absolute Gasteiger partial charge is 0.384 e. The molecule has 35 heavy (non-hydrogen) atoms. The van der Waals surface area contributed by atoms with Crippen LogP contribution in [0.25, 0.3) is 11.0 Å². The van der Waals surface area contributed by atoms with Crippen LogP contribution in [0.3, 0.4) is 0 Å². The Balaban J connectivity index is 0.00000210. The minimum atomic E-state index is -1.56. The predicted molar refractivity (Wildman–Crippen MR) is 144 cm³/mol. The zero-order valence-corrected chi connectivity index (χ0v) is 22.8. The van der Waals surface area contributed by atoms with Gasteiger partial charge in [0, 0.05) is 45.3 Å². The van der Waals surface area contributed by atoms with E-state index >= 15 is 0 Å².